The first-order valence-corrected chi connectivity index (χ1v) is 15.6. The predicted octanol–water partition coefficient (Wildman–Crippen LogP) is 10.9. The maximum atomic E-state index is 15.0. The number of unbranched alkanes of at least 4 members (excludes halogenated alkanes) is 8. The molecule has 0 saturated heterocycles. The molecule has 3 rings (SSSR count). The zero-order chi connectivity index (χ0) is 32.4. The van der Waals surface area contributed by atoms with E-state index in [1.807, 2.05) is 6.92 Å². The molecule has 0 bridgehead atoms. The lowest BCUT2D eigenvalue weighted by Crippen LogP contribution is -2.26. The van der Waals surface area contributed by atoms with Crippen molar-refractivity contribution in [2.75, 3.05) is 6.61 Å². The summed E-state index contributed by atoms with van der Waals surface area (Å²) >= 11 is 0. The van der Waals surface area contributed by atoms with Crippen LogP contribution in [0.3, 0.4) is 0 Å². The molecular weight excluding hydrogens is 596 g/mol. The monoisotopic (exact) mass is 636 g/mol. The van der Waals surface area contributed by atoms with Crippen LogP contribution < -0.4 is 9.47 Å². The molecule has 1 aliphatic carbocycles. The van der Waals surface area contributed by atoms with Gasteiger partial charge in [0.2, 0.25) is 29.0 Å². The van der Waals surface area contributed by atoms with Crippen LogP contribution in [-0.2, 0) is 4.79 Å². The van der Waals surface area contributed by atoms with Crippen LogP contribution in [-0.4, -0.2) is 12.6 Å². The van der Waals surface area contributed by atoms with E-state index in [0.29, 0.717) is 50.9 Å². The molecule has 0 unspecified atom stereocenters. The van der Waals surface area contributed by atoms with Gasteiger partial charge in [-0.2, -0.15) is 17.6 Å². The van der Waals surface area contributed by atoms with Gasteiger partial charge in [0.1, 0.15) is 0 Å². The van der Waals surface area contributed by atoms with Crippen molar-refractivity contribution in [1.29, 1.82) is 0 Å². The molecule has 1 saturated carbocycles. The van der Waals surface area contributed by atoms with Crippen molar-refractivity contribution in [3.8, 4) is 22.6 Å². The zero-order valence-corrected chi connectivity index (χ0v) is 25.2. The van der Waals surface area contributed by atoms with Gasteiger partial charge in [0.15, 0.2) is 29.0 Å². The lowest BCUT2D eigenvalue weighted by molar-refractivity contribution is -0.140. The van der Waals surface area contributed by atoms with Crippen molar-refractivity contribution < 1.29 is 49.4 Å². The van der Waals surface area contributed by atoms with Crippen molar-refractivity contribution in [3.05, 3.63) is 46.5 Å². The summed E-state index contributed by atoms with van der Waals surface area (Å²) in [5.41, 5.74) is -4.04. The van der Waals surface area contributed by atoms with Crippen molar-refractivity contribution >= 4 is 5.97 Å². The van der Waals surface area contributed by atoms with Gasteiger partial charge >= 0.3 is 5.97 Å². The van der Waals surface area contributed by atoms with Crippen LogP contribution in [0.2, 0.25) is 0 Å². The molecule has 0 amide bonds. The number of carbonyl (C=O) groups excluding carboxylic acids is 1. The molecule has 0 radical (unpaired) electrons. The van der Waals surface area contributed by atoms with Crippen molar-refractivity contribution in [2.45, 2.75) is 110 Å². The maximum absolute atomic E-state index is 15.0. The van der Waals surface area contributed by atoms with E-state index < -0.39 is 81.1 Å². The average molecular weight is 637 g/mol. The van der Waals surface area contributed by atoms with E-state index in [1.54, 1.807) is 0 Å². The van der Waals surface area contributed by atoms with E-state index in [4.69, 9.17) is 9.47 Å². The van der Waals surface area contributed by atoms with Crippen LogP contribution >= 0.6 is 0 Å². The van der Waals surface area contributed by atoms with Crippen LogP contribution in [0.1, 0.15) is 110 Å². The highest BCUT2D eigenvalue weighted by Crippen LogP contribution is 2.42. The molecule has 11 heteroatoms. The first-order chi connectivity index (χ1) is 21.0. The summed E-state index contributed by atoms with van der Waals surface area (Å²) in [5.74, 6) is -22.9. The van der Waals surface area contributed by atoms with Gasteiger partial charge in [-0.05, 0) is 38.0 Å². The third-order valence-electron chi connectivity index (χ3n) is 8.29. The van der Waals surface area contributed by atoms with Crippen LogP contribution in [0.15, 0.2) is 0 Å². The Hall–Kier alpha value is -2.85. The van der Waals surface area contributed by atoms with Crippen molar-refractivity contribution in [1.82, 2.24) is 0 Å². The molecule has 3 nitrogen and oxygen atoms in total. The molecule has 2 aromatic rings. The molecule has 1 fully saturated rings. The number of benzene rings is 2. The van der Waals surface area contributed by atoms with Gasteiger partial charge in [-0.3, -0.25) is 4.79 Å². The summed E-state index contributed by atoms with van der Waals surface area (Å²) in [6.07, 6.45) is 12.9. The molecule has 0 spiro atoms. The van der Waals surface area contributed by atoms with Crippen LogP contribution in [0.5, 0.6) is 11.5 Å². The summed E-state index contributed by atoms with van der Waals surface area (Å²) in [7, 11) is 0. The molecular formula is C33H40F8O3. The highest BCUT2D eigenvalue weighted by atomic mass is 19.2. The largest absolute Gasteiger partial charge is 0.487 e. The third-order valence-corrected chi connectivity index (χ3v) is 8.29. The normalized spacial score (nSPS) is 16.8. The zero-order valence-electron chi connectivity index (χ0n) is 25.2. The van der Waals surface area contributed by atoms with Crippen molar-refractivity contribution in [2.24, 2.45) is 11.8 Å². The van der Waals surface area contributed by atoms with Gasteiger partial charge in [0.25, 0.3) is 0 Å². The quantitative estimate of drug-likeness (QED) is 0.0605. The lowest BCUT2D eigenvalue weighted by atomic mass is 9.79. The minimum atomic E-state index is -2.39. The molecule has 0 aliphatic heterocycles. The Morgan fingerprint density at radius 3 is 1.50 bits per heavy atom. The second-order valence-electron chi connectivity index (χ2n) is 11.5. The number of ether oxygens (including phenoxy) is 2. The molecule has 0 N–H and O–H groups in total. The summed E-state index contributed by atoms with van der Waals surface area (Å²) in [6, 6.07) is 0. The first kappa shape index (κ1) is 35.6. The van der Waals surface area contributed by atoms with Crippen molar-refractivity contribution in [3.63, 3.8) is 0 Å². The number of hydrogen-bond donors (Lipinski definition) is 0. The van der Waals surface area contributed by atoms with E-state index >= 15 is 0 Å². The number of halogens is 8. The average Bonchev–Trinajstić information content (AvgIpc) is 3.02. The Morgan fingerprint density at radius 2 is 1.00 bits per heavy atom. The minimum Gasteiger partial charge on any atom is -0.487 e. The molecule has 1 aliphatic rings. The Morgan fingerprint density at radius 1 is 0.568 bits per heavy atom. The SMILES string of the molecule is CCCCCCCCC[C@H]1CC[C@H](C(=O)Oc2c(F)c(F)c(-c3c(F)c(F)c(OCCCCC)c(F)c3F)c(F)c2F)CC1. The van der Waals surface area contributed by atoms with Gasteiger partial charge in [0.05, 0.1) is 23.7 Å². The molecule has 44 heavy (non-hydrogen) atoms. The molecule has 246 valence electrons. The fraction of sp³-hybridized carbons (Fsp3) is 0.606. The fourth-order valence-corrected chi connectivity index (χ4v) is 5.67. The van der Waals surface area contributed by atoms with E-state index in [-0.39, 0.29) is 6.61 Å². The number of hydrogen-bond acceptors (Lipinski definition) is 3. The van der Waals surface area contributed by atoms with Gasteiger partial charge in [-0.15, -0.1) is 0 Å². The predicted molar refractivity (Wildman–Crippen MR) is 150 cm³/mol. The third kappa shape index (κ3) is 8.44. The van der Waals surface area contributed by atoms with E-state index in [0.717, 1.165) is 19.3 Å². The Kier molecular flexibility index (Phi) is 13.8. The Labute approximate surface area is 253 Å². The second-order valence-corrected chi connectivity index (χ2v) is 11.5. The molecule has 0 heterocycles. The fourth-order valence-electron chi connectivity index (χ4n) is 5.67. The number of esters is 1. The molecule has 2 aromatic carbocycles. The minimum absolute atomic E-state index is 0.293. The first-order valence-electron chi connectivity index (χ1n) is 15.6. The summed E-state index contributed by atoms with van der Waals surface area (Å²) in [6.45, 7) is 3.67. The van der Waals surface area contributed by atoms with Gasteiger partial charge in [-0.1, -0.05) is 78.1 Å². The van der Waals surface area contributed by atoms with E-state index in [1.165, 1.54) is 32.1 Å². The Balaban J connectivity index is 1.72. The molecule has 0 atom stereocenters. The van der Waals surface area contributed by atoms with Crippen LogP contribution in [0.4, 0.5) is 35.1 Å². The summed E-state index contributed by atoms with van der Waals surface area (Å²) < 4.78 is 128. The highest BCUT2D eigenvalue weighted by molar-refractivity contribution is 5.76. The second kappa shape index (κ2) is 17.0. The smallest absolute Gasteiger partial charge is 0.314 e. The Bertz CT molecular complexity index is 1220. The van der Waals surface area contributed by atoms with E-state index in [9.17, 15) is 39.9 Å². The van der Waals surface area contributed by atoms with Gasteiger partial charge in [0, 0.05) is 0 Å². The summed E-state index contributed by atoms with van der Waals surface area (Å²) in [4.78, 5) is 12.7. The number of carbonyl (C=O) groups is 1. The number of rotatable bonds is 16. The van der Waals surface area contributed by atoms with Gasteiger partial charge in [-0.25, -0.2) is 17.6 Å². The maximum Gasteiger partial charge on any atom is 0.314 e. The summed E-state index contributed by atoms with van der Waals surface area (Å²) in [5, 5.41) is 0. The van der Waals surface area contributed by atoms with E-state index in [2.05, 4.69) is 6.92 Å². The van der Waals surface area contributed by atoms with Gasteiger partial charge < -0.3 is 9.47 Å². The highest BCUT2D eigenvalue weighted by Gasteiger charge is 2.37. The molecule has 0 aromatic heterocycles. The van der Waals surface area contributed by atoms with Crippen LogP contribution in [0.25, 0.3) is 11.1 Å². The standard InChI is InChI=1S/C33H40F8O3/c1-3-5-7-8-9-10-11-13-19-14-16-20(17-15-19)33(42)44-32-29(40)25(36)22(26(37)30(32)41)21-23(34)27(38)31(28(39)24(21)35)43-18-12-6-4-2/h19-20H,3-18H2,1-2H3/t19-,20-. The topological polar surface area (TPSA) is 35.5 Å². The lowest BCUT2D eigenvalue weighted by Gasteiger charge is -2.27. The van der Waals surface area contributed by atoms with Crippen LogP contribution in [0, 0.1) is 58.4 Å².